The van der Waals surface area contributed by atoms with Gasteiger partial charge in [-0.2, -0.15) is 0 Å². The molecule has 18 N–H and O–H groups in total. The minimum Gasteiger partial charge on any atom is -0.508 e. The monoisotopic (exact) mass is 1830 g/mol. The van der Waals surface area contributed by atoms with Gasteiger partial charge in [0.1, 0.15) is 84.2 Å². The number of phenols is 2. The van der Waals surface area contributed by atoms with Crippen LogP contribution in [-0.4, -0.2) is 337 Å². The van der Waals surface area contributed by atoms with Crippen LogP contribution in [0.25, 0.3) is 10.9 Å². The van der Waals surface area contributed by atoms with Gasteiger partial charge in [0, 0.05) is 83.4 Å². The Morgan fingerprint density at radius 3 is 1.62 bits per heavy atom. The van der Waals surface area contributed by atoms with Crippen LogP contribution in [0.4, 0.5) is 0 Å². The summed E-state index contributed by atoms with van der Waals surface area (Å²) in [6.45, 7) is 1.35. The van der Waals surface area contributed by atoms with Gasteiger partial charge in [-0.05, 0) is 105 Å². The molecule has 2 fully saturated rings. The summed E-state index contributed by atoms with van der Waals surface area (Å²) in [5.41, 5.74) is 8.19. The Bertz CT molecular complexity index is 4940. The highest BCUT2D eigenvalue weighted by Crippen LogP contribution is 2.27. The number of primary amides is 1. The van der Waals surface area contributed by atoms with Gasteiger partial charge in [0.05, 0.1) is 57.2 Å². The fraction of sp³-hybridized carbons (Fsp3) is 0.465. The Balaban J connectivity index is 1.01. The summed E-state index contributed by atoms with van der Waals surface area (Å²) in [5, 5.41) is 75.2. The highest BCUT2D eigenvalue weighted by molar-refractivity contribution is 8.00. The Morgan fingerprint density at radius 1 is 0.508 bits per heavy atom. The number of thioether (sulfide) groups is 1. The van der Waals surface area contributed by atoms with E-state index in [4.69, 9.17) is 5.73 Å². The van der Waals surface area contributed by atoms with Gasteiger partial charge in [0.2, 0.25) is 94.5 Å². The maximum atomic E-state index is 15.0. The number of likely N-dealkylation sites (N-methyl/N-ethyl adjacent to an activating group) is 5. The summed E-state index contributed by atoms with van der Waals surface area (Å²) in [5.74, 6) is -21.4. The third-order valence-electron chi connectivity index (χ3n) is 21.9. The number of likely N-dealkylation sites (tertiary alicyclic amines) is 2. The number of carboxylic acid groups (broad SMARTS) is 3. The number of nitrogens with zero attached hydrogens (tertiary/aromatic N) is 6. The van der Waals surface area contributed by atoms with Crippen molar-refractivity contribution in [2.45, 2.75) is 164 Å². The molecule has 5 aromatic rings. The number of benzene rings is 4. The van der Waals surface area contributed by atoms with Crippen molar-refractivity contribution in [2.24, 2.45) is 11.7 Å². The van der Waals surface area contributed by atoms with E-state index >= 15 is 4.79 Å². The first-order valence-electron chi connectivity index (χ1n) is 41.7. The third-order valence-corrected chi connectivity index (χ3v) is 22.9. The molecule has 0 aliphatic carbocycles. The molecule has 0 radical (unpaired) electrons. The number of aromatic hydroxyl groups is 2. The molecule has 1 aromatic heterocycles. The number of nitrogens with two attached hydrogens (primary N) is 1. The van der Waals surface area contributed by atoms with E-state index in [1.807, 2.05) is 0 Å². The van der Waals surface area contributed by atoms with Crippen molar-refractivity contribution in [3.63, 3.8) is 0 Å². The lowest BCUT2D eigenvalue weighted by Crippen LogP contribution is -2.59. The molecule has 3 heterocycles. The zero-order valence-corrected chi connectivity index (χ0v) is 73.8. The molecular weight excluding hydrogens is 1720 g/mol. The first kappa shape index (κ1) is 103. The average molecular weight is 1830 g/mol. The normalized spacial score (nSPS) is 15.7. The van der Waals surface area contributed by atoms with Gasteiger partial charge in [-0.1, -0.05) is 86.6 Å². The van der Waals surface area contributed by atoms with Crippen LogP contribution in [0.5, 0.6) is 11.5 Å². The second-order valence-electron chi connectivity index (χ2n) is 31.9. The van der Waals surface area contributed by atoms with Crippen LogP contribution >= 0.6 is 11.8 Å². The summed E-state index contributed by atoms with van der Waals surface area (Å²) in [6, 6.07) is 9.61. The molecule has 2 aliphatic heterocycles. The minimum atomic E-state index is -2.01. The number of nitrogens with one attached hydrogen (secondary N) is 11. The smallest absolute Gasteiger partial charge is 0.305 e. The summed E-state index contributed by atoms with van der Waals surface area (Å²) in [4.78, 5) is 281. The molecule has 12 atom stereocenters. The van der Waals surface area contributed by atoms with Crippen LogP contribution in [0, 0.1) is 5.92 Å². The highest BCUT2D eigenvalue weighted by atomic mass is 32.2. The lowest BCUT2D eigenvalue weighted by atomic mass is 10.00. The number of aromatic nitrogens is 1. The third kappa shape index (κ3) is 30.3. The van der Waals surface area contributed by atoms with E-state index in [0.717, 1.165) is 40.6 Å². The molecule has 2 aliphatic rings. The van der Waals surface area contributed by atoms with Gasteiger partial charge < -0.3 is 124 Å². The number of para-hydroxylation sites is 1. The molecule has 0 bridgehead atoms. The molecule has 1 unspecified atom stereocenters. The van der Waals surface area contributed by atoms with Gasteiger partial charge in [0.15, 0.2) is 0 Å². The first-order chi connectivity index (χ1) is 61.6. The summed E-state index contributed by atoms with van der Waals surface area (Å²) in [6.07, 6.45) is -1.03. The van der Waals surface area contributed by atoms with E-state index < -0.39 is 242 Å². The number of hydrogen-bond donors (Lipinski definition) is 17. The summed E-state index contributed by atoms with van der Waals surface area (Å²) < 4.78 is 0. The van der Waals surface area contributed by atoms with Crippen molar-refractivity contribution in [2.75, 3.05) is 86.0 Å². The number of H-pyrrole nitrogens is 1. The second kappa shape index (κ2) is 49.3. The molecule has 43 nitrogen and oxygen atoms in total. The fourth-order valence-electron chi connectivity index (χ4n) is 14.7. The number of aromatic amines is 1. The number of phenolic OH excluding ortho intramolecular Hbond substituents is 2. The number of amides is 16. The van der Waals surface area contributed by atoms with Crippen LogP contribution < -0.4 is 58.9 Å². The predicted molar refractivity (Wildman–Crippen MR) is 466 cm³/mol. The number of carbonyl (C=O) groups is 20. The van der Waals surface area contributed by atoms with E-state index in [1.165, 1.54) is 67.2 Å². The van der Waals surface area contributed by atoms with Crippen LogP contribution in [0.2, 0.25) is 0 Å². The standard InChI is InChI=1S/C86H112N18O25S/c1-47(2)74(86(129)99(5)32-33-105)98-79(122)59(38-71(112)113)94-75(118)48(3)101(7)84(127)65-21-15-31-104(65)83(126)62(40-73(116)117)93-68(109)43-90-69(110)44-100(6)81(124)61(39-72(114)115)96-77(120)57(34-50-22-26-53(106)27-23-50)95-78(121)58(37-52-41-89-56-19-13-12-18-55(52)56)92-70(111)46-130-45-63(76(119)91-42-67(87)108)97-80(123)64-20-14-30-103(64)85(128)66(36-49-16-10-9-11-17-49)102(8)82(125)60(88-4)35-51-24-28-54(107)29-25-51/h9-13,16-19,22-29,33,41,47-48,57-66,74,88-89,106-107H,14-15,20-21,30-32,34-40,42-46H2,1-8H3,(H2,87,108)(H,90,110)(H,91,119)(H,92,111)(H,93,109)(H,94,118)(H,95,121)(H,96,120)(H,97,123)(H,98,122)(H,112,113)(H,114,115)(H,116,117)/t48-,57-,58+,59-,60-,61-,62-,63-,64-,65-,66-,74?/m0/s1. The average Bonchev–Trinajstić information content (AvgIpc) is 1.42. The minimum absolute atomic E-state index is 0.0286. The van der Waals surface area contributed by atoms with Crippen LogP contribution in [0.15, 0.2) is 109 Å². The molecule has 0 saturated carbocycles. The fourth-order valence-corrected chi connectivity index (χ4v) is 15.5. The van der Waals surface area contributed by atoms with Crippen molar-refractivity contribution in [3.05, 3.63) is 132 Å². The van der Waals surface area contributed by atoms with E-state index in [2.05, 4.69) is 58.2 Å². The van der Waals surface area contributed by atoms with Crippen molar-refractivity contribution in [1.29, 1.82) is 0 Å². The maximum Gasteiger partial charge on any atom is 0.305 e. The quantitative estimate of drug-likeness (QED) is 0.0166. The van der Waals surface area contributed by atoms with E-state index in [9.17, 15) is 117 Å². The van der Waals surface area contributed by atoms with Gasteiger partial charge >= 0.3 is 17.9 Å². The SMILES string of the molecule is CN[C@@H](Cc1ccc(O)cc1)C(=O)N(C)[C@@H](Cc1ccccc1)C(=O)N1CCC[C@H]1C(=O)N[C@@H](CSCC(=O)N[C@H](Cc1c[nH]c2ccccc12)C(=O)N[C@@H](Cc1ccc(O)cc1)C(=O)N[C@@H](CC(=O)O)C(=O)N(C)CC(=O)NCC(=O)N[C@@H](CC(=O)O)C(=O)N1CCC[C@H]1C(=O)N(C)[C@@H](C)C(=O)N[C@@H](CC(=O)O)C(=O)NC(C(=O)N(C)CC=O)C(C)C)C(=O)NCC(N)=O. The number of fused-ring (bicyclic) bond motifs is 1. The number of hydrogen-bond acceptors (Lipinski definition) is 24. The molecule has 4 aromatic carbocycles. The van der Waals surface area contributed by atoms with Gasteiger partial charge in [-0.25, -0.2) is 0 Å². The Hall–Kier alpha value is -14.1. The van der Waals surface area contributed by atoms with E-state index in [0.29, 0.717) is 45.2 Å². The van der Waals surface area contributed by atoms with Gasteiger partial charge in [-0.15, -0.1) is 11.8 Å². The van der Waals surface area contributed by atoms with Crippen LogP contribution in [0.3, 0.4) is 0 Å². The van der Waals surface area contributed by atoms with Crippen LogP contribution in [-0.2, 0) is 122 Å². The molecule has 2 saturated heterocycles. The predicted octanol–water partition coefficient (Wildman–Crippen LogP) is -3.87. The molecule has 16 amide bonds. The van der Waals surface area contributed by atoms with Crippen LogP contribution in [0.1, 0.15) is 88.0 Å². The topological polar surface area (TPSA) is 624 Å². The highest BCUT2D eigenvalue weighted by Gasteiger charge is 2.45. The Morgan fingerprint density at radius 2 is 1.03 bits per heavy atom. The molecule has 44 heteroatoms. The zero-order valence-electron chi connectivity index (χ0n) is 73.0. The number of aliphatic carboxylic acids is 3. The van der Waals surface area contributed by atoms with Gasteiger partial charge in [-0.3, -0.25) is 91.1 Å². The van der Waals surface area contributed by atoms with Crippen molar-refractivity contribution < 1.29 is 121 Å². The summed E-state index contributed by atoms with van der Waals surface area (Å²) >= 11 is 0.798. The van der Waals surface area contributed by atoms with Crippen molar-refractivity contribution in [1.82, 2.24) is 87.6 Å². The number of carbonyl (C=O) groups excluding carboxylic acids is 17. The zero-order chi connectivity index (χ0) is 95.9. The molecule has 130 heavy (non-hydrogen) atoms. The van der Waals surface area contributed by atoms with Gasteiger partial charge in [0.25, 0.3) is 0 Å². The molecular formula is C86H112N18O25S. The lowest BCUT2D eigenvalue weighted by molar-refractivity contribution is -0.149. The largest absolute Gasteiger partial charge is 0.508 e. The van der Waals surface area contributed by atoms with E-state index in [1.54, 1.807) is 93.8 Å². The number of aldehydes is 1. The van der Waals surface area contributed by atoms with Crippen molar-refractivity contribution in [3.8, 4) is 11.5 Å². The second-order valence-corrected chi connectivity index (χ2v) is 32.9. The maximum absolute atomic E-state index is 15.0. The molecule has 702 valence electrons. The molecule has 0 spiro atoms. The first-order valence-corrected chi connectivity index (χ1v) is 42.8. The summed E-state index contributed by atoms with van der Waals surface area (Å²) in [7, 11) is 6.57. The lowest BCUT2D eigenvalue weighted by Gasteiger charge is -2.35. The number of carboxylic acids is 3. The van der Waals surface area contributed by atoms with E-state index in [-0.39, 0.29) is 81.0 Å². The number of rotatable bonds is 49. The van der Waals surface area contributed by atoms with Crippen molar-refractivity contribution >= 4 is 141 Å². The molecule has 7 rings (SSSR count). The Labute approximate surface area is 751 Å². The Kier molecular flexibility index (Phi) is 39.1.